The van der Waals surface area contributed by atoms with Gasteiger partial charge in [-0.1, -0.05) is 12.1 Å². The zero-order valence-electron chi connectivity index (χ0n) is 12.1. The lowest BCUT2D eigenvalue weighted by atomic mass is 10.1. The number of ether oxygens (including phenoxy) is 1. The Morgan fingerprint density at radius 2 is 1.90 bits per heavy atom. The van der Waals surface area contributed by atoms with Crippen LogP contribution in [0.1, 0.15) is 36.0 Å². The van der Waals surface area contributed by atoms with E-state index in [1.54, 1.807) is 0 Å². The van der Waals surface area contributed by atoms with E-state index in [1.807, 2.05) is 24.3 Å². The highest BCUT2D eigenvalue weighted by molar-refractivity contribution is 5.97. The first-order valence-corrected chi connectivity index (χ1v) is 7.56. The van der Waals surface area contributed by atoms with E-state index in [2.05, 4.69) is 10.6 Å². The largest absolute Gasteiger partial charge is 0.492 e. The van der Waals surface area contributed by atoms with Crippen LogP contribution in [-0.4, -0.2) is 31.6 Å². The quantitative estimate of drug-likeness (QED) is 0.878. The van der Waals surface area contributed by atoms with Crippen molar-refractivity contribution in [2.75, 3.05) is 19.7 Å². The van der Waals surface area contributed by atoms with Gasteiger partial charge in [0.1, 0.15) is 5.75 Å². The predicted octanol–water partition coefficient (Wildman–Crippen LogP) is 2.38. The normalized spacial score (nSPS) is 18.7. The SMILES string of the molecule is Cl.O=C(NC1CCNCC1)c1ccccc1OCC1CC1. The number of amides is 1. The molecule has 1 aromatic carbocycles. The second kappa shape index (κ2) is 7.66. The van der Waals surface area contributed by atoms with Crippen molar-refractivity contribution in [3.8, 4) is 5.75 Å². The van der Waals surface area contributed by atoms with Crippen LogP contribution >= 0.6 is 12.4 Å². The topological polar surface area (TPSA) is 50.4 Å². The van der Waals surface area contributed by atoms with Gasteiger partial charge in [0.15, 0.2) is 0 Å². The fourth-order valence-corrected chi connectivity index (χ4v) is 2.50. The summed E-state index contributed by atoms with van der Waals surface area (Å²) in [6.07, 6.45) is 4.50. The number of halogens is 1. The lowest BCUT2D eigenvalue weighted by Crippen LogP contribution is -2.42. The average molecular weight is 311 g/mol. The molecule has 3 rings (SSSR count). The monoisotopic (exact) mass is 310 g/mol. The summed E-state index contributed by atoms with van der Waals surface area (Å²) in [5.74, 6) is 1.39. The van der Waals surface area contributed by atoms with E-state index in [0.717, 1.165) is 32.5 Å². The smallest absolute Gasteiger partial charge is 0.255 e. The van der Waals surface area contributed by atoms with Crippen LogP contribution in [0.15, 0.2) is 24.3 Å². The second-order valence-electron chi connectivity index (χ2n) is 5.75. The highest BCUT2D eigenvalue weighted by Crippen LogP contribution is 2.30. The minimum atomic E-state index is -0.0108. The molecule has 2 aliphatic rings. The molecule has 21 heavy (non-hydrogen) atoms. The van der Waals surface area contributed by atoms with Gasteiger partial charge in [0.2, 0.25) is 0 Å². The van der Waals surface area contributed by atoms with Crippen molar-refractivity contribution in [1.29, 1.82) is 0 Å². The maximum absolute atomic E-state index is 12.4. The van der Waals surface area contributed by atoms with Gasteiger partial charge in [-0.15, -0.1) is 12.4 Å². The standard InChI is InChI=1S/C16H22N2O2.ClH/c19-16(18-13-7-9-17-10-8-13)14-3-1-2-4-15(14)20-11-12-5-6-12;/h1-4,12-13,17H,5-11H2,(H,18,19);1H. The van der Waals surface area contributed by atoms with Crippen molar-refractivity contribution in [2.24, 2.45) is 5.92 Å². The molecule has 1 aliphatic carbocycles. The van der Waals surface area contributed by atoms with E-state index in [-0.39, 0.29) is 24.4 Å². The number of benzene rings is 1. The van der Waals surface area contributed by atoms with Crippen LogP contribution in [0.4, 0.5) is 0 Å². The number of nitrogens with one attached hydrogen (secondary N) is 2. The van der Waals surface area contributed by atoms with E-state index < -0.39 is 0 Å². The lowest BCUT2D eigenvalue weighted by molar-refractivity contribution is 0.0925. The average Bonchev–Trinajstić information content (AvgIpc) is 3.31. The first-order chi connectivity index (χ1) is 9.83. The van der Waals surface area contributed by atoms with Gasteiger partial charge >= 0.3 is 0 Å². The Kier molecular flexibility index (Phi) is 5.88. The molecule has 1 aromatic rings. The molecule has 1 saturated carbocycles. The summed E-state index contributed by atoms with van der Waals surface area (Å²) in [5.41, 5.74) is 0.659. The van der Waals surface area contributed by atoms with Crippen molar-refractivity contribution in [3.05, 3.63) is 29.8 Å². The summed E-state index contributed by atoms with van der Waals surface area (Å²) in [5, 5.41) is 6.42. The van der Waals surface area contributed by atoms with Gasteiger partial charge < -0.3 is 15.4 Å². The Hall–Kier alpha value is -1.26. The number of para-hydroxylation sites is 1. The molecular formula is C16H23ClN2O2. The first kappa shape index (κ1) is 16.1. The van der Waals surface area contributed by atoms with Crippen molar-refractivity contribution in [1.82, 2.24) is 10.6 Å². The van der Waals surface area contributed by atoms with E-state index >= 15 is 0 Å². The molecule has 1 amide bonds. The molecular weight excluding hydrogens is 288 g/mol. The van der Waals surface area contributed by atoms with Gasteiger partial charge in [-0.3, -0.25) is 4.79 Å². The van der Waals surface area contributed by atoms with Gasteiger partial charge in [-0.05, 0) is 56.8 Å². The van der Waals surface area contributed by atoms with Crippen LogP contribution in [0.5, 0.6) is 5.75 Å². The molecule has 0 unspecified atom stereocenters. The molecule has 1 saturated heterocycles. The summed E-state index contributed by atoms with van der Waals surface area (Å²) < 4.78 is 5.80. The number of carbonyl (C=O) groups excluding carboxylic acids is 1. The molecule has 0 spiro atoms. The van der Waals surface area contributed by atoms with Crippen molar-refractivity contribution in [3.63, 3.8) is 0 Å². The number of rotatable bonds is 5. The maximum Gasteiger partial charge on any atom is 0.255 e. The molecule has 1 heterocycles. The third-order valence-corrected chi connectivity index (χ3v) is 3.98. The van der Waals surface area contributed by atoms with Crippen molar-refractivity contribution < 1.29 is 9.53 Å². The summed E-state index contributed by atoms with van der Waals surface area (Å²) in [4.78, 5) is 12.4. The third kappa shape index (κ3) is 4.61. The Bertz CT molecular complexity index is 471. The number of hydrogen-bond donors (Lipinski definition) is 2. The minimum Gasteiger partial charge on any atom is -0.492 e. The van der Waals surface area contributed by atoms with Crippen molar-refractivity contribution in [2.45, 2.75) is 31.7 Å². The van der Waals surface area contributed by atoms with Gasteiger partial charge in [0.05, 0.1) is 12.2 Å². The predicted molar refractivity (Wildman–Crippen MR) is 85.3 cm³/mol. The number of hydrogen-bond acceptors (Lipinski definition) is 3. The van der Waals surface area contributed by atoms with E-state index in [4.69, 9.17) is 4.74 Å². The summed E-state index contributed by atoms with van der Waals surface area (Å²) >= 11 is 0. The van der Waals surface area contributed by atoms with Crippen LogP contribution in [0.2, 0.25) is 0 Å². The molecule has 0 aromatic heterocycles. The Morgan fingerprint density at radius 1 is 1.19 bits per heavy atom. The van der Waals surface area contributed by atoms with Crippen LogP contribution < -0.4 is 15.4 Å². The molecule has 2 fully saturated rings. The fourth-order valence-electron chi connectivity index (χ4n) is 2.50. The van der Waals surface area contributed by atoms with Gasteiger partial charge in [-0.2, -0.15) is 0 Å². The third-order valence-electron chi connectivity index (χ3n) is 3.98. The van der Waals surface area contributed by atoms with Crippen LogP contribution in [0.3, 0.4) is 0 Å². The number of piperidine rings is 1. The maximum atomic E-state index is 12.4. The zero-order valence-corrected chi connectivity index (χ0v) is 13.0. The lowest BCUT2D eigenvalue weighted by Gasteiger charge is -2.24. The minimum absolute atomic E-state index is 0. The van der Waals surface area contributed by atoms with Crippen LogP contribution in [0.25, 0.3) is 0 Å². The zero-order chi connectivity index (χ0) is 13.8. The summed E-state index contributed by atoms with van der Waals surface area (Å²) in [6.45, 7) is 2.69. The van der Waals surface area contributed by atoms with Crippen LogP contribution in [-0.2, 0) is 0 Å². The molecule has 116 valence electrons. The molecule has 0 radical (unpaired) electrons. The fraction of sp³-hybridized carbons (Fsp3) is 0.562. The van der Waals surface area contributed by atoms with E-state index in [9.17, 15) is 4.79 Å². The molecule has 0 bridgehead atoms. The van der Waals surface area contributed by atoms with E-state index in [1.165, 1.54) is 12.8 Å². The Balaban J connectivity index is 0.00000161. The second-order valence-corrected chi connectivity index (χ2v) is 5.75. The highest BCUT2D eigenvalue weighted by atomic mass is 35.5. The molecule has 1 aliphatic heterocycles. The van der Waals surface area contributed by atoms with Crippen LogP contribution in [0, 0.1) is 5.92 Å². The van der Waals surface area contributed by atoms with Gasteiger partial charge in [-0.25, -0.2) is 0 Å². The highest BCUT2D eigenvalue weighted by Gasteiger charge is 2.23. The Labute approximate surface area is 132 Å². The Morgan fingerprint density at radius 3 is 2.62 bits per heavy atom. The van der Waals surface area contributed by atoms with Crippen molar-refractivity contribution >= 4 is 18.3 Å². The van der Waals surface area contributed by atoms with Gasteiger partial charge in [0.25, 0.3) is 5.91 Å². The molecule has 5 heteroatoms. The molecule has 2 N–H and O–H groups in total. The van der Waals surface area contributed by atoms with Gasteiger partial charge in [0, 0.05) is 6.04 Å². The number of carbonyl (C=O) groups is 1. The first-order valence-electron chi connectivity index (χ1n) is 7.56. The summed E-state index contributed by atoms with van der Waals surface area (Å²) in [6, 6.07) is 7.82. The molecule has 0 atom stereocenters. The summed E-state index contributed by atoms with van der Waals surface area (Å²) in [7, 11) is 0. The van der Waals surface area contributed by atoms with E-state index in [0.29, 0.717) is 17.2 Å². The molecule has 4 nitrogen and oxygen atoms in total.